The van der Waals surface area contributed by atoms with E-state index in [9.17, 15) is 0 Å². The minimum atomic E-state index is -0.0679. The first-order valence-corrected chi connectivity index (χ1v) is 9.38. The van der Waals surface area contributed by atoms with E-state index in [0.717, 1.165) is 11.3 Å². The molecule has 0 fully saturated rings. The molecule has 0 radical (unpaired) electrons. The molecule has 0 spiro atoms. The molecule has 0 saturated carbocycles. The summed E-state index contributed by atoms with van der Waals surface area (Å²) in [6.45, 7) is 0. The fourth-order valence-corrected chi connectivity index (χ4v) is 3.74. The zero-order chi connectivity index (χ0) is 17.5. The van der Waals surface area contributed by atoms with E-state index in [1.807, 2.05) is 4.68 Å². The van der Waals surface area contributed by atoms with Gasteiger partial charge in [-0.15, -0.1) is 0 Å². The van der Waals surface area contributed by atoms with Crippen molar-refractivity contribution in [1.82, 2.24) is 20.2 Å². The van der Waals surface area contributed by atoms with Gasteiger partial charge >= 0.3 is 0 Å². The van der Waals surface area contributed by atoms with Gasteiger partial charge in [-0.1, -0.05) is 59.7 Å². The Morgan fingerprint density at radius 1 is 0.923 bits per heavy atom. The number of anilines is 1. The van der Waals surface area contributed by atoms with Gasteiger partial charge in [0.25, 0.3) is 0 Å². The summed E-state index contributed by atoms with van der Waals surface area (Å²) in [7, 11) is 0. The second kappa shape index (κ2) is 6.21. The maximum Gasteiger partial charge on any atom is 0.248 e. The number of halogens is 1. The molecular weight excluding hydrogens is 437 g/mol. The number of fused-ring (bicyclic) bond motifs is 2. The smallest absolute Gasteiger partial charge is 0.248 e. The van der Waals surface area contributed by atoms with Crippen molar-refractivity contribution in [3.63, 3.8) is 0 Å². The number of nitrogens with zero attached hydrogens (tertiary/aromatic N) is 4. The van der Waals surface area contributed by atoms with Crippen molar-refractivity contribution >= 4 is 45.0 Å². The zero-order valence-electron chi connectivity index (χ0n) is 13.7. The van der Waals surface area contributed by atoms with Crippen LogP contribution in [-0.4, -0.2) is 20.2 Å². The maximum absolute atomic E-state index is 4.21. The van der Waals surface area contributed by atoms with Crippen LogP contribution in [0.25, 0.3) is 16.5 Å². The van der Waals surface area contributed by atoms with E-state index in [4.69, 9.17) is 0 Å². The molecule has 5 nitrogen and oxygen atoms in total. The Morgan fingerprint density at radius 3 is 2.62 bits per heavy atom. The van der Waals surface area contributed by atoms with Crippen molar-refractivity contribution in [2.24, 2.45) is 0 Å². The van der Waals surface area contributed by atoms with E-state index < -0.39 is 0 Å². The molecule has 4 aromatic rings. The van der Waals surface area contributed by atoms with Gasteiger partial charge in [-0.2, -0.15) is 4.68 Å². The predicted octanol–water partition coefficient (Wildman–Crippen LogP) is 4.49. The second-order valence-corrected chi connectivity index (χ2v) is 7.42. The Balaban J connectivity index is 1.70. The van der Waals surface area contributed by atoms with Gasteiger partial charge in [-0.05, 0) is 73.1 Å². The Hall–Kier alpha value is -2.74. The summed E-state index contributed by atoms with van der Waals surface area (Å²) in [5, 5.41) is 18.0. The van der Waals surface area contributed by atoms with Gasteiger partial charge in [0.2, 0.25) is 5.95 Å². The number of tetrazole rings is 1. The minimum absolute atomic E-state index is 0.0679. The van der Waals surface area contributed by atoms with Crippen LogP contribution in [0.15, 0.2) is 72.8 Å². The molecule has 0 aliphatic carbocycles. The van der Waals surface area contributed by atoms with Gasteiger partial charge in [-0.25, -0.2) is 0 Å². The normalized spacial score (nSPS) is 16.0. The molecule has 0 amide bonds. The van der Waals surface area contributed by atoms with E-state index in [1.165, 1.54) is 19.9 Å². The minimum Gasteiger partial charge on any atom is -0.323 e. The van der Waals surface area contributed by atoms with Crippen molar-refractivity contribution in [3.05, 3.63) is 87.5 Å². The maximum atomic E-state index is 4.21. The standard InChI is InChI=1S/C20H14IN5/c21-15-10-8-14(9-11-15)18-12-19(26-20(22-18)23-24-25-26)17-7-3-5-13-4-1-2-6-16(13)17/h1-12,19H,(H,22,23,25). The van der Waals surface area contributed by atoms with Crippen LogP contribution >= 0.6 is 22.6 Å². The first-order chi connectivity index (χ1) is 12.8. The summed E-state index contributed by atoms with van der Waals surface area (Å²) in [6, 6.07) is 23.1. The molecule has 1 atom stereocenters. The van der Waals surface area contributed by atoms with Crippen LogP contribution in [0, 0.1) is 3.57 Å². The first-order valence-electron chi connectivity index (χ1n) is 8.30. The zero-order valence-corrected chi connectivity index (χ0v) is 15.8. The molecule has 0 bridgehead atoms. The lowest BCUT2D eigenvalue weighted by atomic mass is 9.96. The Bertz CT molecular complexity index is 1130. The van der Waals surface area contributed by atoms with Gasteiger partial charge < -0.3 is 5.32 Å². The van der Waals surface area contributed by atoms with Crippen LogP contribution in [0.5, 0.6) is 0 Å². The van der Waals surface area contributed by atoms with Gasteiger partial charge in [0.1, 0.15) is 6.04 Å². The lowest BCUT2D eigenvalue weighted by Gasteiger charge is -2.24. The van der Waals surface area contributed by atoms with Crippen LogP contribution in [-0.2, 0) is 0 Å². The van der Waals surface area contributed by atoms with Crippen molar-refractivity contribution in [2.75, 3.05) is 5.32 Å². The number of aromatic nitrogens is 4. The third-order valence-electron chi connectivity index (χ3n) is 4.62. The highest BCUT2D eigenvalue weighted by Gasteiger charge is 2.25. The summed E-state index contributed by atoms with van der Waals surface area (Å²) >= 11 is 2.31. The van der Waals surface area contributed by atoms with Crippen molar-refractivity contribution in [2.45, 2.75) is 6.04 Å². The number of benzene rings is 3. The van der Waals surface area contributed by atoms with Crippen molar-refractivity contribution in [3.8, 4) is 0 Å². The summed E-state index contributed by atoms with van der Waals surface area (Å²) < 4.78 is 3.04. The fraction of sp³-hybridized carbons (Fsp3) is 0.0500. The quantitative estimate of drug-likeness (QED) is 0.457. The molecule has 0 saturated heterocycles. The third kappa shape index (κ3) is 2.57. The molecule has 5 rings (SSSR count). The molecule has 2 heterocycles. The van der Waals surface area contributed by atoms with E-state index >= 15 is 0 Å². The van der Waals surface area contributed by atoms with Gasteiger partial charge in [0.05, 0.1) is 0 Å². The second-order valence-electron chi connectivity index (χ2n) is 6.17. The van der Waals surface area contributed by atoms with Crippen LogP contribution < -0.4 is 5.32 Å². The lowest BCUT2D eigenvalue weighted by Crippen LogP contribution is -2.20. The summed E-state index contributed by atoms with van der Waals surface area (Å²) in [4.78, 5) is 0. The van der Waals surface area contributed by atoms with E-state index in [1.54, 1.807) is 0 Å². The number of allylic oxidation sites excluding steroid dienone is 1. The average Bonchev–Trinajstić information content (AvgIpc) is 3.16. The monoisotopic (exact) mass is 451 g/mol. The Labute approximate surface area is 163 Å². The molecule has 1 aliphatic rings. The summed E-state index contributed by atoms with van der Waals surface area (Å²) in [5.41, 5.74) is 3.31. The third-order valence-corrected chi connectivity index (χ3v) is 5.34. The van der Waals surface area contributed by atoms with Gasteiger partial charge in [0.15, 0.2) is 0 Å². The Morgan fingerprint density at radius 2 is 1.73 bits per heavy atom. The highest BCUT2D eigenvalue weighted by molar-refractivity contribution is 14.1. The van der Waals surface area contributed by atoms with Crippen LogP contribution in [0.2, 0.25) is 0 Å². The SMILES string of the molecule is Ic1ccc(C2=CC(c3cccc4ccccc34)n3nnnc3N2)cc1. The van der Waals surface area contributed by atoms with Gasteiger partial charge in [0, 0.05) is 9.27 Å². The molecule has 1 aromatic heterocycles. The fourth-order valence-electron chi connectivity index (χ4n) is 3.38. The van der Waals surface area contributed by atoms with Crippen molar-refractivity contribution < 1.29 is 0 Å². The van der Waals surface area contributed by atoms with Crippen LogP contribution in [0.1, 0.15) is 17.2 Å². The van der Waals surface area contributed by atoms with E-state index in [-0.39, 0.29) is 6.04 Å². The predicted molar refractivity (Wildman–Crippen MR) is 111 cm³/mol. The largest absolute Gasteiger partial charge is 0.323 e. The average molecular weight is 451 g/mol. The number of rotatable bonds is 2. The number of hydrogen-bond acceptors (Lipinski definition) is 4. The Kier molecular flexibility index (Phi) is 3.70. The summed E-state index contributed by atoms with van der Waals surface area (Å²) in [6.07, 6.45) is 2.19. The highest BCUT2D eigenvalue weighted by atomic mass is 127. The molecule has 1 N–H and O–H groups in total. The van der Waals surface area contributed by atoms with E-state index in [0.29, 0.717) is 5.95 Å². The van der Waals surface area contributed by atoms with Crippen LogP contribution in [0.3, 0.4) is 0 Å². The van der Waals surface area contributed by atoms with Crippen molar-refractivity contribution in [1.29, 1.82) is 0 Å². The molecule has 1 aliphatic heterocycles. The lowest BCUT2D eigenvalue weighted by molar-refractivity contribution is 0.589. The van der Waals surface area contributed by atoms with Gasteiger partial charge in [-0.3, -0.25) is 0 Å². The van der Waals surface area contributed by atoms with E-state index in [2.05, 4.69) is 116 Å². The molecular formula is C20H14IN5. The topological polar surface area (TPSA) is 55.6 Å². The number of nitrogens with one attached hydrogen (secondary N) is 1. The summed E-state index contributed by atoms with van der Waals surface area (Å²) in [5.74, 6) is 0.652. The highest BCUT2D eigenvalue weighted by Crippen LogP contribution is 2.34. The van der Waals surface area contributed by atoms with Crippen LogP contribution in [0.4, 0.5) is 5.95 Å². The molecule has 26 heavy (non-hydrogen) atoms. The molecule has 1 unspecified atom stereocenters. The molecule has 126 valence electrons. The first kappa shape index (κ1) is 15.5. The molecule has 6 heteroatoms. The molecule has 3 aromatic carbocycles. The number of hydrogen-bond donors (Lipinski definition) is 1.